The minimum atomic E-state index is -0.500. The molecule has 0 spiro atoms. The predicted octanol–water partition coefficient (Wildman–Crippen LogP) is 0.367. The van der Waals surface area contributed by atoms with Crippen LogP contribution in [0, 0.1) is 0 Å². The van der Waals surface area contributed by atoms with E-state index in [-0.39, 0.29) is 6.54 Å². The van der Waals surface area contributed by atoms with Crippen LogP contribution in [0.25, 0.3) is 0 Å². The van der Waals surface area contributed by atoms with Crippen molar-refractivity contribution in [1.82, 2.24) is 0 Å². The Balaban J connectivity index is 3.20. The standard InChI is InChI=1S/C12H17N3O3/c1-3-15(7-11(14)16)10-5-4-8(13)6-9(10)12(17)18-2/h4-6H,3,7,13H2,1-2H3,(H2,14,16). The average Bonchev–Trinajstić information content (AvgIpc) is 2.35. The molecule has 0 aliphatic heterocycles. The number of carbonyl (C=O) groups excluding carboxylic acids is 2. The van der Waals surface area contributed by atoms with Crippen molar-refractivity contribution in [2.24, 2.45) is 5.73 Å². The number of nitrogens with zero attached hydrogens (tertiary/aromatic N) is 1. The fourth-order valence-corrected chi connectivity index (χ4v) is 1.66. The molecule has 0 radical (unpaired) electrons. The minimum Gasteiger partial charge on any atom is -0.465 e. The highest BCUT2D eigenvalue weighted by Gasteiger charge is 2.17. The molecule has 1 aromatic carbocycles. The van der Waals surface area contributed by atoms with Crippen LogP contribution in [0.2, 0.25) is 0 Å². The summed E-state index contributed by atoms with van der Waals surface area (Å²) in [5.74, 6) is -0.968. The fraction of sp³-hybridized carbons (Fsp3) is 0.333. The van der Waals surface area contributed by atoms with E-state index in [0.717, 1.165) is 0 Å². The van der Waals surface area contributed by atoms with Gasteiger partial charge in [0, 0.05) is 12.2 Å². The number of esters is 1. The van der Waals surface area contributed by atoms with E-state index < -0.39 is 11.9 Å². The highest BCUT2D eigenvalue weighted by atomic mass is 16.5. The monoisotopic (exact) mass is 251 g/mol. The van der Waals surface area contributed by atoms with Crippen molar-refractivity contribution < 1.29 is 14.3 Å². The molecule has 0 aliphatic carbocycles. The molecule has 0 aliphatic rings. The van der Waals surface area contributed by atoms with E-state index in [1.807, 2.05) is 6.92 Å². The molecule has 0 aromatic heterocycles. The molecule has 6 heteroatoms. The van der Waals surface area contributed by atoms with Gasteiger partial charge in [-0.1, -0.05) is 0 Å². The molecule has 0 heterocycles. The summed E-state index contributed by atoms with van der Waals surface area (Å²) in [6, 6.07) is 4.85. The maximum Gasteiger partial charge on any atom is 0.340 e. The summed E-state index contributed by atoms with van der Waals surface area (Å²) in [7, 11) is 1.29. The smallest absolute Gasteiger partial charge is 0.340 e. The quantitative estimate of drug-likeness (QED) is 0.581. The van der Waals surface area contributed by atoms with Gasteiger partial charge in [0.15, 0.2) is 0 Å². The third-order valence-corrected chi connectivity index (χ3v) is 2.50. The number of hydrogen-bond donors (Lipinski definition) is 2. The van der Waals surface area contributed by atoms with E-state index in [0.29, 0.717) is 23.5 Å². The van der Waals surface area contributed by atoms with E-state index in [4.69, 9.17) is 16.2 Å². The molecular formula is C12H17N3O3. The number of rotatable bonds is 5. The molecule has 1 amide bonds. The van der Waals surface area contributed by atoms with Gasteiger partial charge in [0.1, 0.15) is 0 Å². The second-order valence-corrected chi connectivity index (χ2v) is 3.75. The van der Waals surface area contributed by atoms with Crippen LogP contribution in [0.5, 0.6) is 0 Å². The summed E-state index contributed by atoms with van der Waals surface area (Å²) in [5.41, 5.74) is 12.2. The Hall–Kier alpha value is -2.24. The van der Waals surface area contributed by atoms with Crippen molar-refractivity contribution in [2.75, 3.05) is 30.8 Å². The Morgan fingerprint density at radius 2 is 2.06 bits per heavy atom. The summed E-state index contributed by atoms with van der Waals surface area (Å²) in [4.78, 5) is 24.4. The van der Waals surface area contributed by atoms with Gasteiger partial charge in [-0.3, -0.25) is 4.79 Å². The Bertz CT molecular complexity index is 460. The molecule has 0 saturated heterocycles. The lowest BCUT2D eigenvalue weighted by atomic mass is 10.1. The van der Waals surface area contributed by atoms with Crippen LogP contribution < -0.4 is 16.4 Å². The van der Waals surface area contributed by atoms with Crippen LogP contribution in [0.15, 0.2) is 18.2 Å². The molecule has 0 fully saturated rings. The zero-order chi connectivity index (χ0) is 13.7. The topological polar surface area (TPSA) is 98.6 Å². The highest BCUT2D eigenvalue weighted by Crippen LogP contribution is 2.23. The van der Waals surface area contributed by atoms with Gasteiger partial charge in [0.05, 0.1) is 24.9 Å². The summed E-state index contributed by atoms with van der Waals surface area (Å²) in [5, 5.41) is 0. The number of nitrogens with two attached hydrogens (primary N) is 2. The van der Waals surface area contributed by atoms with Crippen molar-refractivity contribution in [2.45, 2.75) is 6.92 Å². The van der Waals surface area contributed by atoms with Crippen LogP contribution in [-0.2, 0) is 9.53 Å². The Morgan fingerprint density at radius 3 is 2.56 bits per heavy atom. The highest BCUT2D eigenvalue weighted by molar-refractivity contribution is 5.97. The number of nitrogen functional groups attached to an aromatic ring is 1. The van der Waals surface area contributed by atoms with Gasteiger partial charge in [-0.05, 0) is 25.1 Å². The zero-order valence-corrected chi connectivity index (χ0v) is 10.5. The average molecular weight is 251 g/mol. The lowest BCUT2D eigenvalue weighted by Crippen LogP contribution is -2.34. The second-order valence-electron chi connectivity index (χ2n) is 3.75. The van der Waals surface area contributed by atoms with Crippen molar-refractivity contribution in [3.63, 3.8) is 0 Å². The molecular weight excluding hydrogens is 234 g/mol. The van der Waals surface area contributed by atoms with Crippen LogP contribution >= 0.6 is 0 Å². The van der Waals surface area contributed by atoms with Gasteiger partial charge in [-0.25, -0.2) is 4.79 Å². The second kappa shape index (κ2) is 5.90. The number of amides is 1. The Morgan fingerprint density at radius 1 is 1.39 bits per heavy atom. The van der Waals surface area contributed by atoms with Gasteiger partial charge >= 0.3 is 5.97 Å². The molecule has 18 heavy (non-hydrogen) atoms. The van der Waals surface area contributed by atoms with E-state index in [2.05, 4.69) is 0 Å². The maximum absolute atomic E-state index is 11.7. The number of methoxy groups -OCH3 is 1. The SMILES string of the molecule is CCN(CC(N)=O)c1ccc(N)cc1C(=O)OC. The van der Waals surface area contributed by atoms with Crippen LogP contribution in [-0.4, -0.2) is 32.1 Å². The van der Waals surface area contributed by atoms with E-state index >= 15 is 0 Å². The Labute approximate surface area is 105 Å². The van der Waals surface area contributed by atoms with Crippen molar-refractivity contribution >= 4 is 23.3 Å². The predicted molar refractivity (Wildman–Crippen MR) is 69.3 cm³/mol. The molecule has 4 N–H and O–H groups in total. The van der Waals surface area contributed by atoms with Gasteiger partial charge in [-0.2, -0.15) is 0 Å². The minimum absolute atomic E-state index is 0.0322. The number of ether oxygens (including phenoxy) is 1. The van der Waals surface area contributed by atoms with Gasteiger partial charge in [-0.15, -0.1) is 0 Å². The molecule has 1 aromatic rings. The first-order valence-electron chi connectivity index (χ1n) is 5.50. The van der Waals surface area contributed by atoms with Crippen LogP contribution in [0.4, 0.5) is 11.4 Å². The van der Waals surface area contributed by atoms with Crippen molar-refractivity contribution in [3.8, 4) is 0 Å². The largest absolute Gasteiger partial charge is 0.465 e. The number of primary amides is 1. The molecule has 6 nitrogen and oxygen atoms in total. The lowest BCUT2D eigenvalue weighted by molar-refractivity contribution is -0.116. The number of benzene rings is 1. The maximum atomic E-state index is 11.7. The molecule has 0 atom stereocenters. The Kier molecular flexibility index (Phi) is 4.53. The first-order valence-corrected chi connectivity index (χ1v) is 5.50. The zero-order valence-electron chi connectivity index (χ0n) is 10.5. The number of anilines is 2. The molecule has 0 bridgehead atoms. The molecule has 0 saturated carbocycles. The molecule has 1 rings (SSSR count). The lowest BCUT2D eigenvalue weighted by Gasteiger charge is -2.23. The fourth-order valence-electron chi connectivity index (χ4n) is 1.66. The summed E-state index contributed by atoms with van der Waals surface area (Å²) < 4.78 is 4.69. The van der Waals surface area contributed by atoms with Gasteiger partial charge in [0.25, 0.3) is 0 Å². The van der Waals surface area contributed by atoms with Gasteiger partial charge < -0.3 is 21.1 Å². The number of carbonyl (C=O) groups is 2. The first-order chi connectivity index (χ1) is 8.49. The van der Waals surface area contributed by atoms with E-state index in [1.54, 1.807) is 17.0 Å². The number of hydrogen-bond acceptors (Lipinski definition) is 5. The first kappa shape index (κ1) is 13.8. The number of likely N-dealkylation sites (N-methyl/N-ethyl adjacent to an activating group) is 1. The summed E-state index contributed by atoms with van der Waals surface area (Å²) >= 11 is 0. The van der Waals surface area contributed by atoms with E-state index in [9.17, 15) is 9.59 Å². The van der Waals surface area contributed by atoms with Gasteiger partial charge in [0.2, 0.25) is 5.91 Å². The van der Waals surface area contributed by atoms with E-state index in [1.165, 1.54) is 13.2 Å². The third-order valence-electron chi connectivity index (χ3n) is 2.50. The van der Waals surface area contributed by atoms with Crippen LogP contribution in [0.1, 0.15) is 17.3 Å². The normalized spacial score (nSPS) is 9.89. The molecule has 0 unspecified atom stereocenters. The van der Waals surface area contributed by atoms with Crippen LogP contribution in [0.3, 0.4) is 0 Å². The van der Waals surface area contributed by atoms with Crippen molar-refractivity contribution in [1.29, 1.82) is 0 Å². The van der Waals surface area contributed by atoms with Crippen molar-refractivity contribution in [3.05, 3.63) is 23.8 Å². The molecule has 98 valence electrons. The summed E-state index contributed by atoms with van der Waals surface area (Å²) in [6.07, 6.45) is 0. The third kappa shape index (κ3) is 3.13. The summed E-state index contributed by atoms with van der Waals surface area (Å²) in [6.45, 7) is 2.43.